The van der Waals surface area contributed by atoms with Crippen molar-refractivity contribution >= 4 is 17.7 Å². The number of hydrogen-bond acceptors (Lipinski definition) is 5. The first-order valence-corrected chi connectivity index (χ1v) is 8.62. The predicted octanol–water partition coefficient (Wildman–Crippen LogP) is 4.08. The average molecular weight is 326 g/mol. The third kappa shape index (κ3) is 3.72. The van der Waals surface area contributed by atoms with Crippen molar-refractivity contribution in [3.8, 4) is 17.3 Å². The summed E-state index contributed by atoms with van der Waals surface area (Å²) in [5, 5.41) is 9.87. The molecular weight excluding hydrogens is 308 g/mol. The maximum atomic E-state index is 12.3. The van der Waals surface area contributed by atoms with Crippen LogP contribution in [0.15, 0.2) is 35.4 Å². The van der Waals surface area contributed by atoms with E-state index in [0.29, 0.717) is 21.8 Å². The fourth-order valence-corrected chi connectivity index (χ4v) is 2.72. The number of nitriles is 1. The summed E-state index contributed by atoms with van der Waals surface area (Å²) in [6.07, 6.45) is 2.80. The molecule has 0 fully saturated rings. The van der Waals surface area contributed by atoms with E-state index in [4.69, 9.17) is 4.74 Å². The molecule has 0 unspecified atom stereocenters. The molecule has 118 valence electrons. The highest BCUT2D eigenvalue weighted by Gasteiger charge is 2.19. The Morgan fingerprint density at radius 3 is 2.52 bits per heavy atom. The zero-order chi connectivity index (χ0) is 16.8. The molecule has 2 rings (SSSR count). The first-order chi connectivity index (χ1) is 11.1. The van der Waals surface area contributed by atoms with Crippen LogP contribution in [0.25, 0.3) is 11.3 Å². The Labute approximate surface area is 140 Å². The van der Waals surface area contributed by atoms with Gasteiger partial charge in [0.15, 0.2) is 0 Å². The molecule has 0 aliphatic carbocycles. The molecule has 0 radical (unpaired) electrons. The molecule has 23 heavy (non-hydrogen) atoms. The maximum absolute atomic E-state index is 12.3. The number of thioether (sulfide) groups is 1. The van der Waals surface area contributed by atoms with Crippen LogP contribution in [-0.2, 0) is 11.2 Å². The molecule has 0 spiro atoms. The molecule has 0 atom stereocenters. The summed E-state index contributed by atoms with van der Waals surface area (Å²) in [7, 11) is 0. The third-order valence-electron chi connectivity index (χ3n) is 3.43. The lowest BCUT2D eigenvalue weighted by atomic mass is 10.0. The predicted molar refractivity (Wildman–Crippen MR) is 91.5 cm³/mol. The third-order valence-corrected chi connectivity index (χ3v) is 4.13. The van der Waals surface area contributed by atoms with Gasteiger partial charge in [-0.3, -0.25) is 0 Å². The number of carbonyl (C=O) groups excluding carboxylic acids is 1. The van der Waals surface area contributed by atoms with Gasteiger partial charge >= 0.3 is 5.97 Å². The van der Waals surface area contributed by atoms with Gasteiger partial charge < -0.3 is 4.74 Å². The number of pyridine rings is 1. The SMILES string of the molecule is CCOC(=O)c1cc(C#N)c(SC)nc1-c1ccc(CC)cc1. The molecule has 4 nitrogen and oxygen atoms in total. The first kappa shape index (κ1) is 17.0. The Morgan fingerprint density at radius 1 is 1.30 bits per heavy atom. The largest absolute Gasteiger partial charge is 0.462 e. The topological polar surface area (TPSA) is 63.0 Å². The van der Waals surface area contributed by atoms with Crippen molar-refractivity contribution in [3.63, 3.8) is 0 Å². The Balaban J connectivity index is 2.62. The summed E-state index contributed by atoms with van der Waals surface area (Å²) < 4.78 is 5.11. The van der Waals surface area contributed by atoms with Crippen LogP contribution < -0.4 is 0 Å². The standard InChI is InChI=1S/C18H18N2O2S/c1-4-12-6-8-13(9-7-12)16-15(18(21)22-5-2)10-14(11-19)17(20-16)23-3/h6-10H,4-5H2,1-3H3. The van der Waals surface area contributed by atoms with Gasteiger partial charge in [-0.05, 0) is 31.2 Å². The summed E-state index contributed by atoms with van der Waals surface area (Å²) in [5.74, 6) is -0.460. The van der Waals surface area contributed by atoms with Gasteiger partial charge in [-0.2, -0.15) is 5.26 Å². The van der Waals surface area contributed by atoms with E-state index in [9.17, 15) is 10.1 Å². The summed E-state index contributed by atoms with van der Waals surface area (Å²) >= 11 is 1.38. The summed E-state index contributed by atoms with van der Waals surface area (Å²) in [6.45, 7) is 4.12. The number of ether oxygens (including phenoxy) is 1. The van der Waals surface area contributed by atoms with Crippen LogP contribution >= 0.6 is 11.8 Å². The smallest absolute Gasteiger partial charge is 0.340 e. The average Bonchev–Trinajstić information content (AvgIpc) is 2.60. The van der Waals surface area contributed by atoms with Gasteiger partial charge in [0.25, 0.3) is 0 Å². The van der Waals surface area contributed by atoms with Crippen molar-refractivity contribution < 1.29 is 9.53 Å². The van der Waals surface area contributed by atoms with E-state index in [1.54, 1.807) is 13.0 Å². The number of benzene rings is 1. The molecule has 1 aromatic heterocycles. The maximum Gasteiger partial charge on any atom is 0.340 e. The highest BCUT2D eigenvalue weighted by Crippen LogP contribution is 2.28. The van der Waals surface area contributed by atoms with Crippen molar-refractivity contribution in [2.75, 3.05) is 12.9 Å². The monoisotopic (exact) mass is 326 g/mol. The second kappa shape index (κ2) is 7.80. The fraction of sp³-hybridized carbons (Fsp3) is 0.278. The van der Waals surface area contributed by atoms with E-state index in [0.717, 1.165) is 12.0 Å². The lowest BCUT2D eigenvalue weighted by Crippen LogP contribution is -2.09. The van der Waals surface area contributed by atoms with Crippen LogP contribution in [0.3, 0.4) is 0 Å². The molecule has 2 aromatic rings. The van der Waals surface area contributed by atoms with Crippen LogP contribution in [0.5, 0.6) is 0 Å². The number of carbonyl (C=O) groups is 1. The van der Waals surface area contributed by atoms with Crippen LogP contribution in [0.2, 0.25) is 0 Å². The highest BCUT2D eigenvalue weighted by atomic mass is 32.2. The van der Waals surface area contributed by atoms with Crippen LogP contribution in [0.1, 0.15) is 35.3 Å². The Kier molecular flexibility index (Phi) is 5.78. The number of aromatic nitrogens is 1. The van der Waals surface area contributed by atoms with Gasteiger partial charge in [0, 0.05) is 5.56 Å². The van der Waals surface area contributed by atoms with Crippen LogP contribution in [0, 0.1) is 11.3 Å². The van der Waals surface area contributed by atoms with E-state index >= 15 is 0 Å². The summed E-state index contributed by atoms with van der Waals surface area (Å²) in [5.41, 5.74) is 3.31. The summed E-state index contributed by atoms with van der Waals surface area (Å²) in [6, 6.07) is 11.6. The fourth-order valence-electron chi connectivity index (χ4n) is 2.21. The molecule has 5 heteroatoms. The second-order valence-electron chi connectivity index (χ2n) is 4.82. The molecule has 0 N–H and O–H groups in total. The molecule has 0 amide bonds. The molecule has 1 aromatic carbocycles. The lowest BCUT2D eigenvalue weighted by molar-refractivity contribution is 0.0526. The van der Waals surface area contributed by atoms with Gasteiger partial charge in [0.1, 0.15) is 11.1 Å². The number of nitrogens with zero attached hydrogens (tertiary/aromatic N) is 2. The van der Waals surface area contributed by atoms with E-state index < -0.39 is 5.97 Å². The first-order valence-electron chi connectivity index (χ1n) is 7.40. The van der Waals surface area contributed by atoms with Gasteiger partial charge in [0.2, 0.25) is 0 Å². The zero-order valence-electron chi connectivity index (χ0n) is 13.4. The Bertz CT molecular complexity index is 749. The van der Waals surface area contributed by atoms with E-state index in [1.165, 1.54) is 17.3 Å². The van der Waals surface area contributed by atoms with Gasteiger partial charge in [-0.25, -0.2) is 9.78 Å². The van der Waals surface area contributed by atoms with E-state index in [1.807, 2.05) is 30.5 Å². The number of aryl methyl sites for hydroxylation is 1. The molecule has 0 aliphatic heterocycles. The Morgan fingerprint density at radius 2 is 2.00 bits per heavy atom. The second-order valence-corrected chi connectivity index (χ2v) is 5.62. The van der Waals surface area contributed by atoms with Crippen molar-refractivity contribution in [3.05, 3.63) is 47.0 Å². The Hall–Kier alpha value is -2.32. The molecule has 0 bridgehead atoms. The molecule has 0 saturated carbocycles. The van der Waals surface area contributed by atoms with Crippen LogP contribution in [-0.4, -0.2) is 23.8 Å². The van der Waals surface area contributed by atoms with E-state index in [-0.39, 0.29) is 6.61 Å². The van der Waals surface area contributed by atoms with Crippen molar-refractivity contribution in [2.24, 2.45) is 0 Å². The number of rotatable bonds is 5. The van der Waals surface area contributed by atoms with Crippen molar-refractivity contribution in [1.82, 2.24) is 4.98 Å². The van der Waals surface area contributed by atoms with Gasteiger partial charge in [-0.1, -0.05) is 31.2 Å². The van der Waals surface area contributed by atoms with Crippen molar-refractivity contribution in [1.29, 1.82) is 5.26 Å². The minimum atomic E-state index is -0.460. The minimum absolute atomic E-state index is 0.277. The number of esters is 1. The van der Waals surface area contributed by atoms with Gasteiger partial charge in [-0.15, -0.1) is 11.8 Å². The van der Waals surface area contributed by atoms with E-state index in [2.05, 4.69) is 18.0 Å². The van der Waals surface area contributed by atoms with Crippen LogP contribution in [0.4, 0.5) is 0 Å². The molecule has 0 aliphatic rings. The normalized spacial score (nSPS) is 10.2. The van der Waals surface area contributed by atoms with Crippen molar-refractivity contribution in [2.45, 2.75) is 25.3 Å². The minimum Gasteiger partial charge on any atom is -0.462 e. The zero-order valence-corrected chi connectivity index (χ0v) is 14.2. The molecule has 0 saturated heterocycles. The summed E-state index contributed by atoms with van der Waals surface area (Å²) in [4.78, 5) is 16.8. The quantitative estimate of drug-likeness (QED) is 0.612. The molecule has 1 heterocycles. The highest BCUT2D eigenvalue weighted by molar-refractivity contribution is 7.98. The van der Waals surface area contributed by atoms with Gasteiger partial charge in [0.05, 0.1) is 23.4 Å². The lowest BCUT2D eigenvalue weighted by Gasteiger charge is -2.11. The number of hydrogen-bond donors (Lipinski definition) is 0. The molecular formula is C18H18N2O2S.